The van der Waals surface area contributed by atoms with Crippen molar-refractivity contribution in [1.29, 1.82) is 0 Å². The van der Waals surface area contributed by atoms with Crippen molar-refractivity contribution in [2.45, 2.75) is 23.4 Å². The minimum Gasteiger partial charge on any atom is -0.454 e. The van der Waals surface area contributed by atoms with Crippen LogP contribution in [0.15, 0.2) is 46.8 Å². The normalized spacial score (nSPS) is 12.8. The van der Waals surface area contributed by atoms with Crippen LogP contribution in [0.2, 0.25) is 0 Å². The third kappa shape index (κ3) is 5.44. The highest BCUT2D eigenvalue weighted by Crippen LogP contribution is 2.35. The molecule has 9 nitrogen and oxygen atoms in total. The van der Waals surface area contributed by atoms with E-state index in [9.17, 15) is 9.59 Å². The molecule has 1 unspecified atom stereocenters. The molecule has 160 valence electrons. The van der Waals surface area contributed by atoms with Crippen molar-refractivity contribution in [3.63, 3.8) is 0 Å². The van der Waals surface area contributed by atoms with Crippen LogP contribution in [0.4, 0.5) is 22.2 Å². The molecule has 1 aliphatic rings. The van der Waals surface area contributed by atoms with Gasteiger partial charge in [0.25, 0.3) is 0 Å². The third-order valence-electron chi connectivity index (χ3n) is 4.13. The van der Waals surface area contributed by atoms with E-state index in [0.29, 0.717) is 32.3 Å². The molecule has 3 aromatic rings. The van der Waals surface area contributed by atoms with E-state index in [1.807, 2.05) is 12.1 Å². The first-order chi connectivity index (χ1) is 15.0. The summed E-state index contributed by atoms with van der Waals surface area (Å²) in [5, 5.41) is 17.2. The van der Waals surface area contributed by atoms with E-state index in [1.165, 1.54) is 30.0 Å². The van der Waals surface area contributed by atoms with Crippen LogP contribution in [-0.2, 0) is 9.59 Å². The van der Waals surface area contributed by atoms with Crippen molar-refractivity contribution >= 4 is 57.1 Å². The molecule has 2 aromatic carbocycles. The maximum atomic E-state index is 12.5. The molecule has 2 heterocycles. The zero-order valence-corrected chi connectivity index (χ0v) is 18.3. The van der Waals surface area contributed by atoms with Crippen LogP contribution in [0, 0.1) is 0 Å². The Morgan fingerprint density at radius 1 is 1.03 bits per heavy atom. The highest BCUT2D eigenvalue weighted by Gasteiger charge is 2.19. The lowest BCUT2D eigenvalue weighted by atomic mass is 10.2. The van der Waals surface area contributed by atoms with Gasteiger partial charge in [-0.1, -0.05) is 29.2 Å². The zero-order valence-electron chi connectivity index (χ0n) is 16.7. The SMILES string of the molecule is CC(=O)Nc1cccc(Nc2nnc(SC(C)C(=O)Nc3ccc4c(c3)OCO4)s2)c1. The number of nitrogens with one attached hydrogen (secondary N) is 3. The molecular formula is C20H19N5O4S2. The van der Waals surface area contributed by atoms with Crippen molar-refractivity contribution in [3.8, 4) is 11.5 Å². The van der Waals surface area contributed by atoms with E-state index >= 15 is 0 Å². The summed E-state index contributed by atoms with van der Waals surface area (Å²) in [5.74, 6) is 0.980. The van der Waals surface area contributed by atoms with E-state index in [4.69, 9.17) is 9.47 Å². The number of benzene rings is 2. The average molecular weight is 458 g/mol. The molecule has 0 radical (unpaired) electrons. The summed E-state index contributed by atoms with van der Waals surface area (Å²) in [4.78, 5) is 23.8. The van der Waals surface area contributed by atoms with Gasteiger partial charge in [0.15, 0.2) is 15.8 Å². The van der Waals surface area contributed by atoms with Gasteiger partial charge in [-0.2, -0.15) is 0 Å². The number of anilines is 4. The number of hydrogen-bond acceptors (Lipinski definition) is 9. The molecule has 3 N–H and O–H groups in total. The van der Waals surface area contributed by atoms with Gasteiger partial charge >= 0.3 is 0 Å². The molecule has 0 saturated heterocycles. The van der Waals surface area contributed by atoms with Gasteiger partial charge in [0.05, 0.1) is 5.25 Å². The largest absolute Gasteiger partial charge is 0.454 e. The van der Waals surface area contributed by atoms with Gasteiger partial charge in [0, 0.05) is 30.1 Å². The molecule has 1 aromatic heterocycles. The number of carbonyl (C=O) groups is 2. The molecule has 1 aliphatic heterocycles. The Balaban J connectivity index is 1.34. The summed E-state index contributed by atoms with van der Waals surface area (Å²) in [6.07, 6.45) is 0. The first-order valence-electron chi connectivity index (χ1n) is 9.31. The second kappa shape index (κ2) is 9.23. The number of ether oxygens (including phenoxy) is 2. The van der Waals surface area contributed by atoms with Crippen molar-refractivity contribution in [3.05, 3.63) is 42.5 Å². The Labute approximate surface area is 186 Å². The maximum Gasteiger partial charge on any atom is 0.237 e. The maximum absolute atomic E-state index is 12.5. The molecule has 0 fully saturated rings. The highest BCUT2D eigenvalue weighted by molar-refractivity contribution is 8.02. The molecular weight excluding hydrogens is 438 g/mol. The van der Waals surface area contributed by atoms with E-state index in [2.05, 4.69) is 26.1 Å². The lowest BCUT2D eigenvalue weighted by molar-refractivity contribution is -0.115. The molecule has 31 heavy (non-hydrogen) atoms. The summed E-state index contributed by atoms with van der Waals surface area (Å²) < 4.78 is 11.3. The van der Waals surface area contributed by atoms with Gasteiger partial charge in [-0.05, 0) is 37.3 Å². The van der Waals surface area contributed by atoms with E-state index in [1.54, 1.807) is 37.3 Å². The number of hydrogen-bond donors (Lipinski definition) is 3. The number of amides is 2. The fourth-order valence-electron chi connectivity index (χ4n) is 2.73. The number of nitrogens with zero attached hydrogens (tertiary/aromatic N) is 2. The van der Waals surface area contributed by atoms with E-state index < -0.39 is 0 Å². The van der Waals surface area contributed by atoms with E-state index in [-0.39, 0.29) is 23.9 Å². The summed E-state index contributed by atoms with van der Waals surface area (Å²) in [5.41, 5.74) is 2.10. The van der Waals surface area contributed by atoms with Gasteiger partial charge < -0.3 is 25.4 Å². The van der Waals surface area contributed by atoms with Gasteiger partial charge in [0.2, 0.25) is 23.7 Å². The summed E-state index contributed by atoms with van der Waals surface area (Å²) in [6.45, 7) is 3.44. The monoisotopic (exact) mass is 457 g/mol. The summed E-state index contributed by atoms with van der Waals surface area (Å²) in [6, 6.07) is 12.6. The smallest absolute Gasteiger partial charge is 0.237 e. The lowest BCUT2D eigenvalue weighted by Gasteiger charge is -2.10. The first-order valence-corrected chi connectivity index (χ1v) is 11.0. The van der Waals surface area contributed by atoms with Crippen LogP contribution in [0.3, 0.4) is 0 Å². The van der Waals surface area contributed by atoms with Crippen molar-refractivity contribution in [1.82, 2.24) is 10.2 Å². The van der Waals surface area contributed by atoms with Crippen molar-refractivity contribution < 1.29 is 19.1 Å². The van der Waals surface area contributed by atoms with Crippen LogP contribution >= 0.6 is 23.1 Å². The Hall–Kier alpha value is -3.31. The van der Waals surface area contributed by atoms with Gasteiger partial charge in [-0.25, -0.2) is 0 Å². The molecule has 0 saturated carbocycles. The standard InChI is InChI=1S/C20H19N5O4S2/c1-11(18(27)22-15-6-7-16-17(9-15)29-10-28-16)30-20-25-24-19(31-20)23-14-5-3-4-13(8-14)21-12(2)26/h3-9,11H,10H2,1-2H3,(H,21,26)(H,22,27)(H,23,24). The van der Waals surface area contributed by atoms with Crippen molar-refractivity contribution in [2.24, 2.45) is 0 Å². The van der Waals surface area contributed by atoms with Crippen LogP contribution < -0.4 is 25.4 Å². The Bertz CT molecular complexity index is 1120. The first kappa shape index (κ1) is 20.9. The molecule has 0 aliphatic carbocycles. The Morgan fingerprint density at radius 2 is 1.81 bits per heavy atom. The topological polar surface area (TPSA) is 114 Å². The molecule has 0 spiro atoms. The van der Waals surface area contributed by atoms with Gasteiger partial charge in [-0.3, -0.25) is 9.59 Å². The van der Waals surface area contributed by atoms with Crippen LogP contribution in [0.1, 0.15) is 13.8 Å². The lowest BCUT2D eigenvalue weighted by Crippen LogP contribution is -2.22. The summed E-state index contributed by atoms with van der Waals surface area (Å²) >= 11 is 2.66. The Kier molecular flexibility index (Phi) is 6.23. The van der Waals surface area contributed by atoms with E-state index in [0.717, 1.165) is 5.69 Å². The number of thioether (sulfide) groups is 1. The number of carbonyl (C=O) groups excluding carboxylic acids is 2. The predicted octanol–water partition coefficient (Wildman–Crippen LogP) is 4.09. The number of fused-ring (bicyclic) bond motifs is 1. The Morgan fingerprint density at radius 3 is 2.65 bits per heavy atom. The minimum absolute atomic E-state index is 0.139. The molecule has 11 heteroatoms. The van der Waals surface area contributed by atoms with Gasteiger partial charge in [-0.15, -0.1) is 10.2 Å². The second-order valence-electron chi connectivity index (χ2n) is 6.58. The van der Waals surface area contributed by atoms with Crippen LogP contribution in [0.5, 0.6) is 11.5 Å². The fourth-order valence-corrected chi connectivity index (χ4v) is 4.65. The summed E-state index contributed by atoms with van der Waals surface area (Å²) in [7, 11) is 0. The minimum atomic E-state index is -0.380. The zero-order chi connectivity index (χ0) is 21.8. The van der Waals surface area contributed by atoms with Crippen molar-refractivity contribution in [2.75, 3.05) is 22.7 Å². The highest BCUT2D eigenvalue weighted by atomic mass is 32.2. The number of rotatable bonds is 7. The fraction of sp³-hybridized carbons (Fsp3) is 0.200. The number of aromatic nitrogens is 2. The van der Waals surface area contributed by atoms with Crippen LogP contribution in [-0.4, -0.2) is 34.1 Å². The molecule has 0 bridgehead atoms. The van der Waals surface area contributed by atoms with Crippen LogP contribution in [0.25, 0.3) is 0 Å². The quantitative estimate of drug-likeness (QED) is 0.455. The predicted molar refractivity (Wildman–Crippen MR) is 120 cm³/mol. The second-order valence-corrected chi connectivity index (χ2v) is 9.14. The molecule has 4 rings (SSSR count). The third-order valence-corrected chi connectivity index (χ3v) is 6.15. The molecule has 1 atom stereocenters. The average Bonchev–Trinajstić information content (AvgIpc) is 3.36. The molecule has 2 amide bonds. The van der Waals surface area contributed by atoms with Gasteiger partial charge in [0.1, 0.15) is 0 Å².